The molecule has 0 saturated heterocycles. The van der Waals surface area contributed by atoms with Gasteiger partial charge < -0.3 is 0 Å². The second kappa shape index (κ2) is 3.76. The molecule has 1 rings (SSSR count). The molecule has 0 aliphatic carbocycles. The summed E-state index contributed by atoms with van der Waals surface area (Å²) in [6.07, 6.45) is 0. The highest BCUT2D eigenvalue weighted by Gasteiger charge is 2.10. The minimum absolute atomic E-state index is 0.00657. The predicted molar refractivity (Wildman–Crippen MR) is 44.5 cm³/mol. The van der Waals surface area contributed by atoms with Crippen LogP contribution in [0.4, 0.5) is 8.78 Å². The van der Waals surface area contributed by atoms with Crippen molar-refractivity contribution >= 4 is 21.7 Å². The molecule has 64 valence electrons. The number of ketones is 1. The lowest BCUT2D eigenvalue weighted by molar-refractivity contribution is 0.101. The molecule has 0 bridgehead atoms. The zero-order valence-electron chi connectivity index (χ0n) is 5.98. The van der Waals surface area contributed by atoms with Crippen LogP contribution in [0, 0.1) is 11.6 Å². The SMILES string of the molecule is O=C(CBr)c1cc(F)ccc1F. The van der Waals surface area contributed by atoms with Gasteiger partial charge in [-0.1, -0.05) is 15.9 Å². The molecule has 0 aliphatic rings. The molecule has 0 saturated carbocycles. The first-order valence-electron chi connectivity index (χ1n) is 3.19. The van der Waals surface area contributed by atoms with Crippen LogP contribution in [0.25, 0.3) is 0 Å². The number of alkyl halides is 1. The van der Waals surface area contributed by atoms with E-state index < -0.39 is 17.4 Å². The molecule has 0 unspecified atom stereocenters. The van der Waals surface area contributed by atoms with Gasteiger partial charge in [0.2, 0.25) is 0 Å². The van der Waals surface area contributed by atoms with Crippen LogP contribution in [0.15, 0.2) is 18.2 Å². The second-order valence-corrected chi connectivity index (χ2v) is 2.74. The monoisotopic (exact) mass is 234 g/mol. The van der Waals surface area contributed by atoms with Crippen LogP contribution >= 0.6 is 15.9 Å². The fraction of sp³-hybridized carbons (Fsp3) is 0.125. The fourth-order valence-electron chi connectivity index (χ4n) is 0.783. The van der Waals surface area contributed by atoms with Gasteiger partial charge in [0.05, 0.1) is 10.9 Å². The Kier molecular flexibility index (Phi) is 2.92. The Labute approximate surface area is 76.5 Å². The first-order chi connectivity index (χ1) is 5.65. The van der Waals surface area contributed by atoms with Crippen molar-refractivity contribution in [2.24, 2.45) is 0 Å². The highest BCUT2D eigenvalue weighted by Crippen LogP contribution is 2.11. The van der Waals surface area contributed by atoms with E-state index in [2.05, 4.69) is 15.9 Å². The third kappa shape index (κ3) is 1.88. The first kappa shape index (κ1) is 9.32. The lowest BCUT2D eigenvalue weighted by atomic mass is 10.1. The van der Waals surface area contributed by atoms with Crippen molar-refractivity contribution in [1.82, 2.24) is 0 Å². The molecule has 0 amide bonds. The van der Waals surface area contributed by atoms with Gasteiger partial charge in [-0.15, -0.1) is 0 Å². The molecule has 0 aromatic heterocycles. The van der Waals surface area contributed by atoms with Crippen LogP contribution < -0.4 is 0 Å². The number of carbonyl (C=O) groups is 1. The van der Waals surface area contributed by atoms with Crippen LogP contribution in [-0.2, 0) is 0 Å². The summed E-state index contributed by atoms with van der Waals surface area (Å²) in [5.41, 5.74) is -0.216. The third-order valence-electron chi connectivity index (χ3n) is 1.35. The zero-order chi connectivity index (χ0) is 9.14. The summed E-state index contributed by atoms with van der Waals surface area (Å²) in [7, 11) is 0. The Balaban J connectivity index is 3.13. The Bertz CT molecular complexity index is 312. The lowest BCUT2D eigenvalue weighted by Gasteiger charge is -1.98. The van der Waals surface area contributed by atoms with Crippen molar-refractivity contribution in [3.05, 3.63) is 35.4 Å². The number of carbonyl (C=O) groups excluding carboxylic acids is 1. The maximum Gasteiger partial charge on any atom is 0.176 e. The maximum absolute atomic E-state index is 12.8. The molecule has 0 fully saturated rings. The number of benzene rings is 1. The average molecular weight is 235 g/mol. The largest absolute Gasteiger partial charge is 0.293 e. The zero-order valence-corrected chi connectivity index (χ0v) is 7.57. The fourth-order valence-corrected chi connectivity index (χ4v) is 1.09. The molecule has 4 heteroatoms. The number of rotatable bonds is 2. The van der Waals surface area contributed by atoms with E-state index in [1.165, 1.54) is 0 Å². The van der Waals surface area contributed by atoms with Gasteiger partial charge in [0.25, 0.3) is 0 Å². The summed E-state index contributed by atoms with van der Waals surface area (Å²) >= 11 is 2.87. The quantitative estimate of drug-likeness (QED) is 0.568. The van der Waals surface area contributed by atoms with Crippen molar-refractivity contribution < 1.29 is 13.6 Å². The van der Waals surface area contributed by atoms with E-state index in [0.29, 0.717) is 0 Å². The molecule has 0 spiro atoms. The van der Waals surface area contributed by atoms with Crippen LogP contribution in [0.2, 0.25) is 0 Å². The van der Waals surface area contributed by atoms with Crippen LogP contribution in [-0.4, -0.2) is 11.1 Å². The van der Waals surface area contributed by atoms with Crippen molar-refractivity contribution in [3.63, 3.8) is 0 Å². The molecule has 0 aliphatic heterocycles. The topological polar surface area (TPSA) is 17.1 Å². The summed E-state index contributed by atoms with van der Waals surface area (Å²) in [4.78, 5) is 10.9. The van der Waals surface area contributed by atoms with Crippen molar-refractivity contribution in [2.45, 2.75) is 0 Å². The van der Waals surface area contributed by atoms with Crippen molar-refractivity contribution in [3.8, 4) is 0 Å². The Morgan fingerprint density at radius 2 is 2.08 bits per heavy atom. The summed E-state index contributed by atoms with van der Waals surface area (Å²) < 4.78 is 25.3. The first-order valence-corrected chi connectivity index (χ1v) is 4.31. The van der Waals surface area contributed by atoms with Gasteiger partial charge in [0.1, 0.15) is 11.6 Å². The summed E-state index contributed by atoms with van der Waals surface area (Å²) in [6, 6.07) is 2.80. The van der Waals surface area contributed by atoms with E-state index in [0.717, 1.165) is 18.2 Å². The molecule has 1 aromatic carbocycles. The molecule has 0 N–H and O–H groups in total. The highest BCUT2D eigenvalue weighted by atomic mass is 79.9. The Morgan fingerprint density at radius 3 is 2.67 bits per heavy atom. The lowest BCUT2D eigenvalue weighted by Crippen LogP contribution is -2.03. The second-order valence-electron chi connectivity index (χ2n) is 2.18. The number of halogens is 3. The predicted octanol–water partition coefficient (Wildman–Crippen LogP) is 2.54. The van der Waals surface area contributed by atoms with Gasteiger partial charge in [-0.05, 0) is 18.2 Å². The van der Waals surface area contributed by atoms with E-state index in [4.69, 9.17) is 0 Å². The number of hydrogen-bond donors (Lipinski definition) is 0. The van der Waals surface area contributed by atoms with Gasteiger partial charge in [0.15, 0.2) is 5.78 Å². The van der Waals surface area contributed by atoms with E-state index in [1.807, 2.05) is 0 Å². The van der Waals surface area contributed by atoms with E-state index in [-0.39, 0.29) is 10.9 Å². The molecule has 0 heterocycles. The summed E-state index contributed by atoms with van der Waals surface area (Å²) in [6.45, 7) is 0. The molecular formula is C8H5BrF2O. The van der Waals surface area contributed by atoms with E-state index in [1.54, 1.807) is 0 Å². The standard InChI is InChI=1S/C8H5BrF2O/c9-4-8(12)6-3-5(10)1-2-7(6)11/h1-3H,4H2. The summed E-state index contributed by atoms with van der Waals surface area (Å²) in [5.74, 6) is -1.77. The molecule has 1 nitrogen and oxygen atoms in total. The number of hydrogen-bond acceptors (Lipinski definition) is 1. The molecule has 1 aromatic rings. The normalized spacial score (nSPS) is 9.92. The van der Waals surface area contributed by atoms with E-state index >= 15 is 0 Å². The summed E-state index contributed by atoms with van der Waals surface area (Å²) in [5, 5.41) is -0.00657. The van der Waals surface area contributed by atoms with Crippen LogP contribution in [0.1, 0.15) is 10.4 Å². The van der Waals surface area contributed by atoms with Gasteiger partial charge in [-0.25, -0.2) is 8.78 Å². The molecule has 12 heavy (non-hydrogen) atoms. The average Bonchev–Trinajstić information content (AvgIpc) is 2.08. The van der Waals surface area contributed by atoms with Crippen molar-refractivity contribution in [2.75, 3.05) is 5.33 Å². The van der Waals surface area contributed by atoms with Crippen LogP contribution in [0.5, 0.6) is 0 Å². The minimum Gasteiger partial charge on any atom is -0.293 e. The highest BCUT2D eigenvalue weighted by molar-refractivity contribution is 9.09. The van der Waals surface area contributed by atoms with Gasteiger partial charge in [-0.2, -0.15) is 0 Å². The smallest absolute Gasteiger partial charge is 0.176 e. The number of Topliss-reactive ketones (excluding diaryl/α,β-unsaturated/α-hetero) is 1. The minimum atomic E-state index is -0.694. The van der Waals surface area contributed by atoms with Gasteiger partial charge in [-0.3, -0.25) is 4.79 Å². The van der Waals surface area contributed by atoms with Crippen LogP contribution in [0.3, 0.4) is 0 Å². The van der Waals surface area contributed by atoms with Gasteiger partial charge in [0, 0.05) is 0 Å². The Morgan fingerprint density at radius 1 is 1.42 bits per heavy atom. The molecular weight excluding hydrogens is 230 g/mol. The third-order valence-corrected chi connectivity index (χ3v) is 1.86. The van der Waals surface area contributed by atoms with Crippen molar-refractivity contribution in [1.29, 1.82) is 0 Å². The van der Waals surface area contributed by atoms with Gasteiger partial charge >= 0.3 is 0 Å². The van der Waals surface area contributed by atoms with E-state index in [9.17, 15) is 13.6 Å². The maximum atomic E-state index is 12.8. The molecule has 0 atom stereocenters. The Hall–Kier alpha value is -0.770. The molecule has 0 radical (unpaired) electrons.